The molecule has 2 N–H and O–H groups in total. The molecule has 1 fully saturated rings. The van der Waals surface area contributed by atoms with Crippen molar-refractivity contribution in [3.63, 3.8) is 0 Å². The molecule has 2 amide bonds. The maximum absolute atomic E-state index is 12.8. The quantitative estimate of drug-likeness (QED) is 0.360. The molecule has 1 aliphatic rings. The van der Waals surface area contributed by atoms with Gasteiger partial charge in [0.2, 0.25) is 6.04 Å². The number of likely N-dealkylation sites (N-methyl/N-ethyl adjacent to an activating group) is 2. The first-order valence-electron chi connectivity index (χ1n) is 11.1. The molecule has 0 heterocycles. The normalized spacial score (nSPS) is 13.5. The van der Waals surface area contributed by atoms with E-state index in [1.54, 1.807) is 30.3 Å². The van der Waals surface area contributed by atoms with Crippen molar-refractivity contribution in [1.82, 2.24) is 15.5 Å². The zero-order valence-corrected chi connectivity index (χ0v) is 19.6. The van der Waals surface area contributed by atoms with E-state index in [-0.39, 0.29) is 0 Å². The number of hydrogen-bond acceptors (Lipinski definition) is 5. The first-order valence-corrected chi connectivity index (χ1v) is 11.1. The Balaban J connectivity index is 1.58. The highest BCUT2D eigenvalue weighted by Gasteiger charge is 2.34. The van der Waals surface area contributed by atoms with Crippen LogP contribution >= 0.6 is 0 Å². The van der Waals surface area contributed by atoms with Gasteiger partial charge in [-0.15, -0.1) is 0 Å². The standard InChI is InChI=1S/C27H29N3O4/c1-28-25(31)24(27(33)34-3)30(2)26(32)22-14-12-20(13-15-22)7-5-4-6-19-8-10-21(11-9-19)18-29-23-16-17-23/h5,7-15,23-24,29H,16-18H2,1-3H3,(H,28,31)/b7-5+. The number of amides is 2. The Labute approximate surface area is 200 Å². The van der Waals surface area contributed by atoms with Crippen LogP contribution in [0.5, 0.6) is 0 Å². The van der Waals surface area contributed by atoms with Crippen molar-refractivity contribution in [2.24, 2.45) is 0 Å². The van der Waals surface area contributed by atoms with Crippen molar-refractivity contribution in [2.75, 3.05) is 21.2 Å². The number of carbonyl (C=O) groups excluding carboxylic acids is 3. The van der Waals surface area contributed by atoms with Gasteiger partial charge < -0.3 is 20.3 Å². The van der Waals surface area contributed by atoms with Crippen molar-refractivity contribution in [3.05, 3.63) is 76.9 Å². The Kier molecular flexibility index (Phi) is 8.60. The van der Waals surface area contributed by atoms with E-state index in [4.69, 9.17) is 0 Å². The van der Waals surface area contributed by atoms with Gasteiger partial charge in [-0.2, -0.15) is 0 Å². The summed E-state index contributed by atoms with van der Waals surface area (Å²) < 4.78 is 4.66. The van der Waals surface area contributed by atoms with E-state index in [9.17, 15) is 14.4 Å². The van der Waals surface area contributed by atoms with Gasteiger partial charge in [-0.1, -0.05) is 36.1 Å². The lowest BCUT2D eigenvalue weighted by Crippen LogP contribution is -2.51. The topological polar surface area (TPSA) is 87.7 Å². The third-order valence-corrected chi connectivity index (χ3v) is 5.49. The highest BCUT2D eigenvalue weighted by molar-refractivity contribution is 6.07. The first kappa shape index (κ1) is 24.7. The van der Waals surface area contributed by atoms with E-state index in [2.05, 4.69) is 39.3 Å². The molecule has 1 saturated carbocycles. The molecule has 1 unspecified atom stereocenters. The summed E-state index contributed by atoms with van der Waals surface area (Å²) in [6.45, 7) is 0.891. The summed E-state index contributed by atoms with van der Waals surface area (Å²) in [6, 6.07) is 14.4. The third kappa shape index (κ3) is 6.80. The van der Waals surface area contributed by atoms with Gasteiger partial charge in [0.15, 0.2) is 0 Å². The fraction of sp³-hybridized carbons (Fsp3) is 0.296. The number of methoxy groups -OCH3 is 1. The minimum absolute atomic E-state index is 0.347. The van der Waals surface area contributed by atoms with Crippen LogP contribution in [0.4, 0.5) is 0 Å². The highest BCUT2D eigenvalue weighted by Crippen LogP contribution is 2.19. The van der Waals surface area contributed by atoms with Gasteiger partial charge in [0.1, 0.15) is 0 Å². The number of carbonyl (C=O) groups is 3. The average molecular weight is 460 g/mol. The summed E-state index contributed by atoms with van der Waals surface area (Å²) in [5.74, 6) is 4.23. The van der Waals surface area contributed by atoms with Crippen LogP contribution in [-0.4, -0.2) is 56.0 Å². The van der Waals surface area contributed by atoms with E-state index < -0.39 is 23.8 Å². The minimum Gasteiger partial charge on any atom is -0.467 e. The van der Waals surface area contributed by atoms with Crippen LogP contribution in [0.1, 0.15) is 39.9 Å². The summed E-state index contributed by atoms with van der Waals surface area (Å²) in [6.07, 6.45) is 6.16. The van der Waals surface area contributed by atoms with E-state index in [0.717, 1.165) is 22.6 Å². The smallest absolute Gasteiger partial charge is 0.338 e. The van der Waals surface area contributed by atoms with Gasteiger partial charge >= 0.3 is 5.97 Å². The second kappa shape index (κ2) is 11.8. The summed E-state index contributed by atoms with van der Waals surface area (Å²) in [5.41, 5.74) is 3.41. The Morgan fingerprint density at radius 3 is 2.38 bits per heavy atom. The molecule has 2 aromatic rings. The average Bonchev–Trinajstić information content (AvgIpc) is 3.70. The molecule has 7 heteroatoms. The number of allylic oxidation sites excluding steroid dienone is 1. The van der Waals surface area contributed by atoms with Crippen LogP contribution in [0.15, 0.2) is 54.6 Å². The molecule has 0 aromatic heterocycles. The molecule has 1 atom stereocenters. The predicted octanol–water partition coefficient (Wildman–Crippen LogP) is 2.36. The third-order valence-electron chi connectivity index (χ3n) is 5.49. The molecular formula is C27H29N3O4. The lowest BCUT2D eigenvalue weighted by molar-refractivity contribution is -0.150. The van der Waals surface area contributed by atoms with Gasteiger partial charge in [0, 0.05) is 37.8 Å². The molecule has 1 aliphatic carbocycles. The maximum Gasteiger partial charge on any atom is 0.338 e. The lowest BCUT2D eigenvalue weighted by atomic mass is 10.1. The molecule has 2 aromatic carbocycles. The number of rotatable bonds is 8. The van der Waals surface area contributed by atoms with E-state index in [1.165, 1.54) is 39.6 Å². The second-order valence-corrected chi connectivity index (χ2v) is 8.03. The van der Waals surface area contributed by atoms with Crippen molar-refractivity contribution in [1.29, 1.82) is 0 Å². The first-order chi connectivity index (χ1) is 16.4. The van der Waals surface area contributed by atoms with Gasteiger partial charge in [-0.3, -0.25) is 9.59 Å². The molecule has 7 nitrogen and oxygen atoms in total. The molecule has 176 valence electrons. The second-order valence-electron chi connectivity index (χ2n) is 8.03. The summed E-state index contributed by atoms with van der Waals surface area (Å²) in [5, 5.41) is 5.86. The van der Waals surface area contributed by atoms with Gasteiger partial charge in [0.05, 0.1) is 7.11 Å². The van der Waals surface area contributed by atoms with Gasteiger partial charge in [-0.05, 0) is 60.4 Å². The Bertz CT molecular complexity index is 1090. The number of nitrogens with zero attached hydrogens (tertiary/aromatic N) is 1. The van der Waals surface area contributed by atoms with Crippen molar-refractivity contribution in [2.45, 2.75) is 31.5 Å². The SMILES string of the molecule is CNC(=O)C(C(=O)OC)N(C)C(=O)c1ccc(/C=C/C#Cc2ccc(CNC3CC3)cc2)cc1. The van der Waals surface area contributed by atoms with Crippen LogP contribution in [0.25, 0.3) is 6.08 Å². The Hall–Kier alpha value is -3.89. The largest absolute Gasteiger partial charge is 0.467 e. The lowest BCUT2D eigenvalue weighted by Gasteiger charge is -2.24. The molecule has 0 saturated heterocycles. The summed E-state index contributed by atoms with van der Waals surface area (Å²) in [4.78, 5) is 37.8. The van der Waals surface area contributed by atoms with Crippen molar-refractivity contribution >= 4 is 23.9 Å². The van der Waals surface area contributed by atoms with E-state index in [1.807, 2.05) is 18.2 Å². The fourth-order valence-electron chi connectivity index (χ4n) is 3.27. The van der Waals surface area contributed by atoms with Crippen LogP contribution in [-0.2, 0) is 20.9 Å². The molecular weight excluding hydrogens is 430 g/mol. The molecule has 3 rings (SSSR count). The molecule has 0 aliphatic heterocycles. The minimum atomic E-state index is -1.36. The zero-order chi connectivity index (χ0) is 24.5. The summed E-state index contributed by atoms with van der Waals surface area (Å²) in [7, 11) is 3.95. The van der Waals surface area contributed by atoms with Gasteiger partial charge in [0.25, 0.3) is 11.8 Å². The zero-order valence-electron chi connectivity index (χ0n) is 19.6. The fourth-order valence-corrected chi connectivity index (χ4v) is 3.27. The van der Waals surface area contributed by atoms with Crippen LogP contribution in [0, 0.1) is 11.8 Å². The Morgan fingerprint density at radius 2 is 1.79 bits per heavy atom. The summed E-state index contributed by atoms with van der Waals surface area (Å²) >= 11 is 0. The predicted molar refractivity (Wildman–Crippen MR) is 131 cm³/mol. The Morgan fingerprint density at radius 1 is 1.12 bits per heavy atom. The highest BCUT2D eigenvalue weighted by atomic mass is 16.5. The van der Waals surface area contributed by atoms with Crippen LogP contribution in [0.2, 0.25) is 0 Å². The number of ether oxygens (including phenoxy) is 1. The maximum atomic E-state index is 12.8. The molecule has 0 spiro atoms. The molecule has 0 bridgehead atoms. The molecule has 0 radical (unpaired) electrons. The number of hydrogen-bond donors (Lipinski definition) is 2. The monoisotopic (exact) mass is 459 g/mol. The van der Waals surface area contributed by atoms with Crippen LogP contribution < -0.4 is 10.6 Å². The number of esters is 1. The van der Waals surface area contributed by atoms with Crippen LogP contribution in [0.3, 0.4) is 0 Å². The van der Waals surface area contributed by atoms with Crippen molar-refractivity contribution in [3.8, 4) is 11.8 Å². The van der Waals surface area contributed by atoms with E-state index in [0.29, 0.717) is 11.6 Å². The molecule has 34 heavy (non-hydrogen) atoms. The number of nitrogens with one attached hydrogen (secondary N) is 2. The van der Waals surface area contributed by atoms with Crippen molar-refractivity contribution < 1.29 is 19.1 Å². The number of benzene rings is 2. The van der Waals surface area contributed by atoms with E-state index >= 15 is 0 Å². The van der Waals surface area contributed by atoms with Gasteiger partial charge in [-0.25, -0.2) is 4.79 Å².